The van der Waals surface area contributed by atoms with E-state index in [9.17, 15) is 4.79 Å². The van der Waals surface area contributed by atoms with Crippen molar-refractivity contribution in [1.82, 2.24) is 10.3 Å². The molecule has 4 heteroatoms. The van der Waals surface area contributed by atoms with Crippen LogP contribution < -0.4 is 10.1 Å². The minimum absolute atomic E-state index is 0.0307. The molecule has 0 saturated heterocycles. The van der Waals surface area contributed by atoms with Gasteiger partial charge in [-0.15, -0.1) is 0 Å². The first kappa shape index (κ1) is 15.5. The second-order valence-corrected chi connectivity index (χ2v) is 6.02. The van der Waals surface area contributed by atoms with Gasteiger partial charge in [0.1, 0.15) is 0 Å². The molecule has 1 amide bonds. The topological polar surface area (TPSA) is 51.2 Å². The van der Waals surface area contributed by atoms with Crippen LogP contribution in [0.5, 0.6) is 5.88 Å². The van der Waals surface area contributed by atoms with Gasteiger partial charge in [0, 0.05) is 12.3 Å². The molecule has 0 radical (unpaired) electrons. The van der Waals surface area contributed by atoms with Gasteiger partial charge in [-0.2, -0.15) is 0 Å². The van der Waals surface area contributed by atoms with Crippen molar-refractivity contribution in [3.63, 3.8) is 0 Å². The molecule has 3 rings (SSSR count). The van der Waals surface area contributed by atoms with Crippen LogP contribution in [0.1, 0.15) is 52.9 Å². The number of ether oxygens (including phenoxy) is 1. The Hall–Kier alpha value is -2.36. The average molecular weight is 310 g/mol. The van der Waals surface area contributed by atoms with Gasteiger partial charge < -0.3 is 10.1 Å². The summed E-state index contributed by atoms with van der Waals surface area (Å²) in [6, 6.07) is 9.96. The number of aryl methyl sites for hydroxylation is 2. The summed E-state index contributed by atoms with van der Waals surface area (Å²) in [6.07, 6.45) is 6.39. The molecule has 1 atom stereocenters. The molecule has 1 unspecified atom stereocenters. The lowest BCUT2D eigenvalue weighted by atomic mass is 9.89. The van der Waals surface area contributed by atoms with Crippen LogP contribution in [0.2, 0.25) is 0 Å². The summed E-state index contributed by atoms with van der Waals surface area (Å²) in [6.45, 7) is 2.01. The van der Waals surface area contributed by atoms with Crippen molar-refractivity contribution >= 4 is 5.91 Å². The maximum absolute atomic E-state index is 12.3. The van der Waals surface area contributed by atoms with Crippen molar-refractivity contribution in [2.45, 2.75) is 38.6 Å². The van der Waals surface area contributed by atoms with Crippen LogP contribution in [0.15, 0.2) is 36.5 Å². The molecule has 0 saturated carbocycles. The standard InChI is InChI=1S/C19H22N2O2/c1-13(15-8-7-14-5-3-4-6-16(14)11-15)21-19(22)17-9-10-18(23-2)20-12-17/h7-13H,3-6H2,1-2H3,(H,21,22). The number of carbonyl (C=O) groups is 1. The number of fused-ring (bicyclic) bond motifs is 1. The van der Waals surface area contributed by atoms with Crippen molar-refractivity contribution in [3.8, 4) is 5.88 Å². The number of nitrogens with zero attached hydrogens (tertiary/aromatic N) is 1. The Morgan fingerprint density at radius 1 is 1.17 bits per heavy atom. The highest BCUT2D eigenvalue weighted by molar-refractivity contribution is 5.94. The summed E-state index contributed by atoms with van der Waals surface area (Å²) in [5.74, 6) is 0.384. The van der Waals surface area contributed by atoms with Gasteiger partial charge in [-0.25, -0.2) is 4.98 Å². The monoisotopic (exact) mass is 310 g/mol. The molecule has 120 valence electrons. The Kier molecular flexibility index (Phi) is 4.60. The van der Waals surface area contributed by atoms with Gasteiger partial charge >= 0.3 is 0 Å². The molecule has 23 heavy (non-hydrogen) atoms. The van der Waals surface area contributed by atoms with Crippen LogP contribution in [0.25, 0.3) is 0 Å². The zero-order chi connectivity index (χ0) is 16.2. The predicted molar refractivity (Wildman–Crippen MR) is 89.8 cm³/mol. The van der Waals surface area contributed by atoms with Gasteiger partial charge in [0.25, 0.3) is 5.91 Å². The maximum atomic E-state index is 12.3. The van der Waals surface area contributed by atoms with Crippen molar-refractivity contribution in [2.24, 2.45) is 0 Å². The number of hydrogen-bond acceptors (Lipinski definition) is 3. The van der Waals surface area contributed by atoms with Gasteiger partial charge in [0.05, 0.1) is 18.7 Å². The molecule has 1 aliphatic carbocycles. The van der Waals surface area contributed by atoms with E-state index in [-0.39, 0.29) is 11.9 Å². The van der Waals surface area contributed by atoms with Gasteiger partial charge in [-0.3, -0.25) is 4.79 Å². The molecule has 2 aromatic rings. The van der Waals surface area contributed by atoms with Gasteiger partial charge in [0.2, 0.25) is 5.88 Å². The quantitative estimate of drug-likeness (QED) is 0.941. The lowest BCUT2D eigenvalue weighted by Gasteiger charge is -2.20. The maximum Gasteiger partial charge on any atom is 0.253 e. The number of rotatable bonds is 4. The number of methoxy groups -OCH3 is 1. The predicted octanol–water partition coefficient (Wildman–Crippen LogP) is 3.46. The molecule has 1 N–H and O–H groups in total. The number of nitrogens with one attached hydrogen (secondary N) is 1. The lowest BCUT2D eigenvalue weighted by Crippen LogP contribution is -2.27. The van der Waals surface area contributed by atoms with E-state index in [0.717, 1.165) is 12.0 Å². The third-order valence-corrected chi connectivity index (χ3v) is 4.43. The van der Waals surface area contributed by atoms with Crippen molar-refractivity contribution in [1.29, 1.82) is 0 Å². The average Bonchev–Trinajstić information content (AvgIpc) is 2.61. The van der Waals surface area contributed by atoms with Crippen LogP contribution in [-0.2, 0) is 12.8 Å². The van der Waals surface area contributed by atoms with Crippen LogP contribution in [0.4, 0.5) is 0 Å². The highest BCUT2D eigenvalue weighted by Gasteiger charge is 2.15. The molecule has 1 aliphatic rings. The van der Waals surface area contributed by atoms with E-state index in [0.29, 0.717) is 11.4 Å². The third kappa shape index (κ3) is 3.52. The van der Waals surface area contributed by atoms with Crippen molar-refractivity contribution < 1.29 is 9.53 Å². The molecule has 4 nitrogen and oxygen atoms in total. The second kappa shape index (κ2) is 6.82. The number of aromatic nitrogens is 1. The Balaban J connectivity index is 1.70. The SMILES string of the molecule is COc1ccc(C(=O)NC(C)c2ccc3c(c2)CCCC3)cn1. The smallest absolute Gasteiger partial charge is 0.253 e. The van der Waals surface area contributed by atoms with Gasteiger partial charge in [-0.05, 0) is 55.4 Å². The first-order valence-corrected chi connectivity index (χ1v) is 8.10. The molecule has 0 spiro atoms. The minimum Gasteiger partial charge on any atom is -0.481 e. The normalized spacial score (nSPS) is 14.7. The minimum atomic E-state index is -0.120. The lowest BCUT2D eigenvalue weighted by molar-refractivity contribution is 0.0939. The summed E-state index contributed by atoms with van der Waals surface area (Å²) >= 11 is 0. The number of amides is 1. The van der Waals surface area contributed by atoms with E-state index in [4.69, 9.17) is 4.74 Å². The zero-order valence-electron chi connectivity index (χ0n) is 13.6. The molecule has 0 aliphatic heterocycles. The Labute approximate surface area is 136 Å². The molecule has 1 aromatic heterocycles. The van der Waals surface area contributed by atoms with Crippen molar-refractivity contribution in [3.05, 3.63) is 58.8 Å². The molecule has 1 heterocycles. The Morgan fingerprint density at radius 3 is 2.65 bits per heavy atom. The van der Waals surface area contributed by atoms with E-state index >= 15 is 0 Å². The van der Waals surface area contributed by atoms with E-state index in [2.05, 4.69) is 28.5 Å². The van der Waals surface area contributed by atoms with E-state index in [1.165, 1.54) is 36.6 Å². The molecular formula is C19H22N2O2. The molecule has 0 bridgehead atoms. The molecular weight excluding hydrogens is 288 g/mol. The highest BCUT2D eigenvalue weighted by atomic mass is 16.5. The zero-order valence-corrected chi connectivity index (χ0v) is 13.6. The largest absolute Gasteiger partial charge is 0.481 e. The third-order valence-electron chi connectivity index (χ3n) is 4.43. The Bertz CT molecular complexity index is 695. The number of hydrogen-bond donors (Lipinski definition) is 1. The summed E-state index contributed by atoms with van der Waals surface area (Å²) in [5, 5.41) is 3.04. The fourth-order valence-corrected chi connectivity index (χ4v) is 3.02. The van der Waals surface area contributed by atoms with Crippen molar-refractivity contribution in [2.75, 3.05) is 7.11 Å². The van der Waals surface area contributed by atoms with E-state index < -0.39 is 0 Å². The first-order valence-electron chi connectivity index (χ1n) is 8.10. The van der Waals surface area contributed by atoms with Gasteiger partial charge in [0.15, 0.2) is 0 Å². The van der Waals surface area contributed by atoms with Crippen LogP contribution in [0, 0.1) is 0 Å². The number of carbonyl (C=O) groups excluding carboxylic acids is 1. The summed E-state index contributed by atoms with van der Waals surface area (Å²) in [5.41, 5.74) is 4.58. The second-order valence-electron chi connectivity index (χ2n) is 6.02. The van der Waals surface area contributed by atoms with Crippen LogP contribution in [0.3, 0.4) is 0 Å². The molecule has 1 aromatic carbocycles. The Morgan fingerprint density at radius 2 is 1.96 bits per heavy atom. The summed E-state index contributed by atoms with van der Waals surface area (Å²) in [7, 11) is 1.56. The van der Waals surface area contributed by atoms with Gasteiger partial charge in [-0.1, -0.05) is 18.2 Å². The first-order chi connectivity index (χ1) is 11.2. The summed E-state index contributed by atoms with van der Waals surface area (Å²) in [4.78, 5) is 16.4. The van der Waals surface area contributed by atoms with Crippen LogP contribution in [-0.4, -0.2) is 18.0 Å². The summed E-state index contributed by atoms with van der Waals surface area (Å²) < 4.78 is 5.01. The number of benzene rings is 1. The van der Waals surface area contributed by atoms with E-state index in [1.807, 2.05) is 6.92 Å². The fourth-order valence-electron chi connectivity index (χ4n) is 3.02. The fraction of sp³-hybridized carbons (Fsp3) is 0.368. The highest BCUT2D eigenvalue weighted by Crippen LogP contribution is 2.25. The van der Waals surface area contributed by atoms with Crippen LogP contribution >= 0.6 is 0 Å². The van der Waals surface area contributed by atoms with E-state index in [1.54, 1.807) is 19.2 Å². The molecule has 0 fully saturated rings. The number of pyridine rings is 1.